The van der Waals surface area contributed by atoms with Gasteiger partial charge in [-0.25, -0.2) is 4.39 Å². The summed E-state index contributed by atoms with van der Waals surface area (Å²) in [6, 6.07) is 11.2. The maximum atomic E-state index is 13.6. The van der Waals surface area contributed by atoms with E-state index in [0.29, 0.717) is 17.5 Å². The summed E-state index contributed by atoms with van der Waals surface area (Å²) < 4.78 is 13.6. The number of rotatable bonds is 5. The number of hydrogen-bond acceptors (Lipinski definition) is 4. The van der Waals surface area contributed by atoms with Crippen molar-refractivity contribution in [2.75, 3.05) is 12.3 Å². The molecule has 0 bridgehead atoms. The minimum Gasteiger partial charge on any atom is -0.349 e. The van der Waals surface area contributed by atoms with Crippen molar-refractivity contribution in [1.82, 2.24) is 10.2 Å². The van der Waals surface area contributed by atoms with Crippen molar-refractivity contribution in [3.8, 4) is 0 Å². The van der Waals surface area contributed by atoms with Crippen molar-refractivity contribution in [2.45, 2.75) is 30.2 Å². The van der Waals surface area contributed by atoms with Crippen LogP contribution in [0, 0.1) is 5.82 Å². The van der Waals surface area contributed by atoms with E-state index in [1.807, 2.05) is 0 Å². The van der Waals surface area contributed by atoms with E-state index < -0.39 is 0 Å². The lowest BCUT2D eigenvalue weighted by molar-refractivity contribution is -0.122. The SMILES string of the molecule is O=C(CCCN1C(=O)c2ccccc2C1=O)N[C@H]1CCSc2ccc(F)cc21. The van der Waals surface area contributed by atoms with Crippen LogP contribution in [0.2, 0.25) is 0 Å². The molecule has 28 heavy (non-hydrogen) atoms. The zero-order chi connectivity index (χ0) is 19.7. The summed E-state index contributed by atoms with van der Waals surface area (Å²) in [5.74, 6) is -0.238. The van der Waals surface area contributed by atoms with Crippen molar-refractivity contribution >= 4 is 29.5 Å². The first-order valence-electron chi connectivity index (χ1n) is 9.21. The van der Waals surface area contributed by atoms with Crippen LogP contribution in [0.3, 0.4) is 0 Å². The van der Waals surface area contributed by atoms with Gasteiger partial charge in [-0.3, -0.25) is 19.3 Å². The molecule has 0 aliphatic carbocycles. The first-order valence-corrected chi connectivity index (χ1v) is 10.2. The molecule has 1 atom stereocenters. The van der Waals surface area contributed by atoms with Gasteiger partial charge in [-0.1, -0.05) is 12.1 Å². The molecule has 4 rings (SSSR count). The summed E-state index contributed by atoms with van der Waals surface area (Å²) in [6.45, 7) is 0.200. The van der Waals surface area contributed by atoms with Crippen LogP contribution < -0.4 is 5.32 Å². The molecule has 0 radical (unpaired) electrons. The van der Waals surface area contributed by atoms with E-state index in [0.717, 1.165) is 22.6 Å². The van der Waals surface area contributed by atoms with E-state index >= 15 is 0 Å². The van der Waals surface area contributed by atoms with Gasteiger partial charge in [0.05, 0.1) is 17.2 Å². The Bertz CT molecular complexity index is 927. The standard InChI is InChI=1S/C21H19FN2O3S/c22-13-7-8-18-16(12-13)17(9-11-28-18)23-19(25)6-3-10-24-20(26)14-4-1-2-5-15(14)21(24)27/h1-2,4-5,7-8,12,17H,3,6,9-11H2,(H,23,25)/t17-/m0/s1. The Kier molecular flexibility index (Phi) is 5.17. The third-order valence-electron chi connectivity index (χ3n) is 5.01. The number of nitrogens with one attached hydrogen (secondary N) is 1. The van der Waals surface area contributed by atoms with Gasteiger partial charge in [-0.2, -0.15) is 0 Å². The quantitative estimate of drug-likeness (QED) is 0.782. The van der Waals surface area contributed by atoms with Gasteiger partial charge in [0.1, 0.15) is 5.82 Å². The average Bonchev–Trinajstić information content (AvgIpc) is 2.94. The summed E-state index contributed by atoms with van der Waals surface area (Å²) in [5.41, 5.74) is 1.63. The van der Waals surface area contributed by atoms with E-state index in [-0.39, 0.29) is 42.5 Å². The molecule has 2 aromatic rings. The van der Waals surface area contributed by atoms with Gasteiger partial charge in [0.15, 0.2) is 0 Å². The minimum atomic E-state index is -0.314. The summed E-state index contributed by atoms with van der Waals surface area (Å²) in [5, 5.41) is 2.96. The Labute approximate surface area is 166 Å². The van der Waals surface area contributed by atoms with Gasteiger partial charge >= 0.3 is 0 Å². The Morgan fingerprint density at radius 2 is 1.86 bits per heavy atom. The molecule has 0 saturated carbocycles. The molecule has 2 heterocycles. The molecule has 0 fully saturated rings. The van der Waals surface area contributed by atoms with Crippen molar-refractivity contribution in [3.63, 3.8) is 0 Å². The zero-order valence-corrected chi connectivity index (χ0v) is 15.9. The molecule has 3 amide bonds. The third kappa shape index (κ3) is 3.54. The van der Waals surface area contributed by atoms with Gasteiger partial charge in [0.25, 0.3) is 11.8 Å². The molecule has 144 valence electrons. The fraction of sp³-hybridized carbons (Fsp3) is 0.286. The van der Waals surface area contributed by atoms with Crippen LogP contribution in [-0.2, 0) is 4.79 Å². The van der Waals surface area contributed by atoms with Gasteiger partial charge in [-0.15, -0.1) is 11.8 Å². The van der Waals surface area contributed by atoms with Crippen LogP contribution in [0.15, 0.2) is 47.4 Å². The van der Waals surface area contributed by atoms with Crippen LogP contribution >= 0.6 is 11.8 Å². The number of imide groups is 1. The number of amides is 3. The lowest BCUT2D eigenvalue weighted by atomic mass is 10.0. The Balaban J connectivity index is 1.33. The fourth-order valence-corrected chi connectivity index (χ4v) is 4.73. The maximum Gasteiger partial charge on any atom is 0.261 e. The summed E-state index contributed by atoms with van der Waals surface area (Å²) >= 11 is 1.66. The lowest BCUT2D eigenvalue weighted by Gasteiger charge is -2.26. The average molecular weight is 398 g/mol. The van der Waals surface area contributed by atoms with Gasteiger partial charge in [0.2, 0.25) is 5.91 Å². The zero-order valence-electron chi connectivity index (χ0n) is 15.1. The molecule has 1 N–H and O–H groups in total. The van der Waals surface area contributed by atoms with Crippen LogP contribution in [0.25, 0.3) is 0 Å². The predicted molar refractivity (Wildman–Crippen MR) is 104 cm³/mol. The second kappa shape index (κ2) is 7.75. The summed E-state index contributed by atoms with van der Waals surface area (Å²) in [6.07, 6.45) is 1.32. The van der Waals surface area contributed by atoms with Crippen molar-refractivity contribution in [3.05, 3.63) is 65.0 Å². The van der Waals surface area contributed by atoms with Gasteiger partial charge < -0.3 is 5.32 Å². The van der Waals surface area contributed by atoms with Gasteiger partial charge in [0, 0.05) is 23.6 Å². The monoisotopic (exact) mass is 398 g/mol. The molecule has 0 aromatic heterocycles. The highest BCUT2D eigenvalue weighted by molar-refractivity contribution is 7.99. The predicted octanol–water partition coefficient (Wildman–Crippen LogP) is 3.56. The third-order valence-corrected chi connectivity index (χ3v) is 6.13. The van der Waals surface area contributed by atoms with Crippen LogP contribution in [-0.4, -0.2) is 34.9 Å². The highest BCUT2D eigenvalue weighted by Gasteiger charge is 2.34. The van der Waals surface area contributed by atoms with E-state index in [4.69, 9.17) is 0 Å². The fourth-order valence-electron chi connectivity index (χ4n) is 3.62. The van der Waals surface area contributed by atoms with E-state index in [1.54, 1.807) is 42.1 Å². The number of thioether (sulfide) groups is 1. The molecular weight excluding hydrogens is 379 g/mol. The van der Waals surface area contributed by atoms with Crippen LogP contribution in [0.4, 0.5) is 4.39 Å². The van der Waals surface area contributed by atoms with E-state index in [2.05, 4.69) is 5.32 Å². The minimum absolute atomic E-state index is 0.163. The van der Waals surface area contributed by atoms with Crippen molar-refractivity contribution < 1.29 is 18.8 Å². The second-order valence-corrected chi connectivity index (χ2v) is 7.99. The molecule has 7 heteroatoms. The van der Waals surface area contributed by atoms with Crippen LogP contribution in [0.1, 0.15) is 51.6 Å². The normalized spacial score (nSPS) is 18.0. The van der Waals surface area contributed by atoms with E-state index in [1.165, 1.54) is 17.0 Å². The number of fused-ring (bicyclic) bond motifs is 2. The highest BCUT2D eigenvalue weighted by Crippen LogP contribution is 2.36. The Hall–Kier alpha value is -2.67. The molecule has 0 spiro atoms. The van der Waals surface area contributed by atoms with Crippen molar-refractivity contribution in [2.24, 2.45) is 0 Å². The molecule has 2 aromatic carbocycles. The first-order chi connectivity index (χ1) is 13.5. The van der Waals surface area contributed by atoms with E-state index in [9.17, 15) is 18.8 Å². The largest absolute Gasteiger partial charge is 0.349 e. The summed E-state index contributed by atoms with van der Waals surface area (Å²) in [4.78, 5) is 39.2. The van der Waals surface area contributed by atoms with Gasteiger partial charge in [-0.05, 0) is 48.7 Å². The maximum absolute atomic E-state index is 13.6. The second-order valence-electron chi connectivity index (χ2n) is 6.85. The smallest absolute Gasteiger partial charge is 0.261 e. The molecule has 0 saturated heterocycles. The number of halogens is 1. The van der Waals surface area contributed by atoms with Crippen LogP contribution in [0.5, 0.6) is 0 Å². The lowest BCUT2D eigenvalue weighted by Crippen LogP contribution is -2.33. The number of benzene rings is 2. The molecule has 5 nitrogen and oxygen atoms in total. The topological polar surface area (TPSA) is 66.5 Å². The first kappa shape index (κ1) is 18.7. The number of nitrogens with zero attached hydrogens (tertiary/aromatic N) is 1. The Morgan fingerprint density at radius 3 is 2.57 bits per heavy atom. The number of carbonyl (C=O) groups is 3. The molecular formula is C21H19FN2O3S. The highest BCUT2D eigenvalue weighted by atomic mass is 32.2. The number of hydrogen-bond donors (Lipinski definition) is 1. The van der Waals surface area contributed by atoms with Crippen molar-refractivity contribution in [1.29, 1.82) is 0 Å². The molecule has 2 aliphatic heterocycles. The Morgan fingerprint density at radius 1 is 1.14 bits per heavy atom. The molecule has 0 unspecified atom stereocenters. The molecule has 2 aliphatic rings. The number of carbonyl (C=O) groups excluding carboxylic acids is 3. The summed E-state index contributed by atoms with van der Waals surface area (Å²) in [7, 11) is 0.